The van der Waals surface area contributed by atoms with Gasteiger partial charge in [0.15, 0.2) is 0 Å². The molecular formula is C23H35N3O6S. The third kappa shape index (κ3) is 5.62. The smallest absolute Gasteiger partial charge is 0.410 e. The topological polar surface area (TPSA) is 97.4 Å². The lowest BCUT2D eigenvalue weighted by Crippen LogP contribution is -2.52. The Hall–Kier alpha value is -1.88. The van der Waals surface area contributed by atoms with E-state index < -0.39 is 28.4 Å². The molecule has 1 aliphatic carbocycles. The van der Waals surface area contributed by atoms with Crippen LogP contribution in [0.15, 0.2) is 24.3 Å². The summed E-state index contributed by atoms with van der Waals surface area (Å²) in [5, 5.41) is 0. The van der Waals surface area contributed by atoms with Crippen LogP contribution in [0.5, 0.6) is 5.75 Å². The summed E-state index contributed by atoms with van der Waals surface area (Å²) in [5.74, 6) is 1.25. The van der Waals surface area contributed by atoms with E-state index in [1.165, 1.54) is 19.7 Å². The molecule has 1 unspecified atom stereocenters. The number of amides is 1. The van der Waals surface area contributed by atoms with Gasteiger partial charge in [-0.2, -0.15) is 17.4 Å². The predicted octanol–water partition coefficient (Wildman–Crippen LogP) is 2.49. The fraction of sp³-hybridized carbons (Fsp3) is 0.696. The third-order valence-electron chi connectivity index (χ3n) is 6.97. The van der Waals surface area contributed by atoms with Gasteiger partial charge in [0, 0.05) is 26.2 Å². The molecule has 0 radical (unpaired) electrons. The number of carbonyl (C=O) groups is 1. The van der Waals surface area contributed by atoms with Crippen molar-refractivity contribution in [2.75, 3.05) is 33.9 Å². The van der Waals surface area contributed by atoms with E-state index in [1.54, 1.807) is 4.90 Å². The van der Waals surface area contributed by atoms with Gasteiger partial charge in [-0.25, -0.2) is 4.79 Å². The molecule has 33 heavy (non-hydrogen) atoms. The Labute approximate surface area is 196 Å². The van der Waals surface area contributed by atoms with E-state index in [0.717, 1.165) is 35.7 Å². The largest absolute Gasteiger partial charge is 0.490 e. The van der Waals surface area contributed by atoms with Gasteiger partial charge in [-0.15, -0.1) is 0 Å². The van der Waals surface area contributed by atoms with Crippen molar-refractivity contribution < 1.29 is 27.4 Å². The highest BCUT2D eigenvalue weighted by atomic mass is 32.2. The molecule has 1 amide bonds. The maximum absolute atomic E-state index is 13.0. The molecule has 3 heterocycles. The highest BCUT2D eigenvalue weighted by molar-refractivity contribution is 7.87. The maximum atomic E-state index is 13.0. The van der Waals surface area contributed by atoms with Crippen LogP contribution in [0.4, 0.5) is 4.79 Å². The molecule has 1 saturated carbocycles. The minimum absolute atomic E-state index is 0.0912. The van der Waals surface area contributed by atoms with Gasteiger partial charge in [-0.1, -0.05) is 12.1 Å². The highest BCUT2D eigenvalue weighted by Crippen LogP contribution is 2.36. The number of carbonyl (C=O) groups excluding carboxylic acids is 1. The van der Waals surface area contributed by atoms with Gasteiger partial charge in [-0.05, 0) is 62.6 Å². The summed E-state index contributed by atoms with van der Waals surface area (Å²) >= 11 is 0. The van der Waals surface area contributed by atoms with Crippen molar-refractivity contribution in [1.29, 1.82) is 0 Å². The van der Waals surface area contributed by atoms with Crippen molar-refractivity contribution in [1.82, 2.24) is 13.9 Å². The fourth-order valence-corrected chi connectivity index (χ4v) is 5.96. The van der Waals surface area contributed by atoms with Crippen molar-refractivity contribution in [3.05, 3.63) is 29.8 Å². The number of hydrogen-bond acceptors (Lipinski definition) is 6. The molecule has 0 aromatic heterocycles. The Balaban J connectivity index is 1.54. The Bertz CT molecular complexity index is 932. The molecule has 10 heteroatoms. The van der Waals surface area contributed by atoms with E-state index >= 15 is 0 Å². The second-order valence-electron chi connectivity index (χ2n) is 9.41. The van der Waals surface area contributed by atoms with Crippen molar-refractivity contribution >= 4 is 16.3 Å². The number of nitrogens with zero attached hydrogens (tertiary/aromatic N) is 2. The van der Waals surface area contributed by atoms with Gasteiger partial charge in [0.1, 0.15) is 19.0 Å². The zero-order chi connectivity index (χ0) is 23.6. The summed E-state index contributed by atoms with van der Waals surface area (Å²) in [6.07, 6.45) is 4.01. The number of ether oxygens (including phenoxy) is 3. The molecule has 3 atom stereocenters. The molecule has 2 fully saturated rings. The minimum Gasteiger partial charge on any atom is -0.490 e. The molecule has 9 nitrogen and oxygen atoms in total. The standard InChI is InChI=1S/C23H35N3O6S/c1-16-13-21(24-33(28,29)25(2)3)22-15-32-19-9-7-17(8-10-19)18-5-4-6-20(14-18)30-11-12-31-23(27)26(16)22/h4-6,14,16-17,19,21-22,24H,7-13,15H2,1-3H3/t16-,17?,19?,21+,22?/m1/s1. The van der Waals surface area contributed by atoms with E-state index in [1.807, 2.05) is 19.1 Å². The van der Waals surface area contributed by atoms with Crippen molar-refractivity contribution in [3.8, 4) is 5.75 Å². The van der Waals surface area contributed by atoms with Gasteiger partial charge in [-0.3, -0.25) is 4.90 Å². The molecular weight excluding hydrogens is 446 g/mol. The fourth-order valence-electron chi connectivity index (χ4n) is 5.11. The molecule has 1 N–H and O–H groups in total. The number of fused-ring (bicyclic) bond motifs is 7. The number of rotatable bonds is 3. The van der Waals surface area contributed by atoms with Crippen LogP contribution in [0.3, 0.4) is 0 Å². The Morgan fingerprint density at radius 2 is 1.82 bits per heavy atom. The molecule has 4 bridgehead atoms. The van der Waals surface area contributed by atoms with Crippen LogP contribution in [-0.4, -0.2) is 81.9 Å². The van der Waals surface area contributed by atoms with Gasteiger partial charge < -0.3 is 14.2 Å². The summed E-state index contributed by atoms with van der Waals surface area (Å²) in [4.78, 5) is 14.6. The first-order valence-corrected chi connectivity index (χ1v) is 13.2. The Morgan fingerprint density at radius 1 is 1.09 bits per heavy atom. The normalized spacial score (nSPS) is 31.2. The van der Waals surface area contributed by atoms with Crippen LogP contribution in [-0.2, 0) is 19.7 Å². The minimum atomic E-state index is -3.65. The first-order valence-electron chi connectivity index (χ1n) is 11.7. The van der Waals surface area contributed by atoms with Gasteiger partial charge >= 0.3 is 6.09 Å². The van der Waals surface area contributed by atoms with Crippen LogP contribution in [0.25, 0.3) is 0 Å². The first kappa shape index (κ1) is 24.3. The summed E-state index contributed by atoms with van der Waals surface area (Å²) in [6, 6.07) is 7.07. The molecule has 1 saturated heterocycles. The van der Waals surface area contributed by atoms with E-state index in [-0.39, 0.29) is 32.0 Å². The van der Waals surface area contributed by atoms with Gasteiger partial charge in [0.05, 0.1) is 18.8 Å². The van der Waals surface area contributed by atoms with Crippen molar-refractivity contribution in [3.63, 3.8) is 0 Å². The van der Waals surface area contributed by atoms with Crippen molar-refractivity contribution in [2.24, 2.45) is 0 Å². The third-order valence-corrected chi connectivity index (χ3v) is 8.53. The molecule has 3 aliphatic heterocycles. The lowest BCUT2D eigenvalue weighted by Gasteiger charge is -2.34. The van der Waals surface area contributed by atoms with Crippen LogP contribution in [0, 0.1) is 0 Å². The number of benzene rings is 1. The second-order valence-corrected chi connectivity index (χ2v) is 11.3. The zero-order valence-electron chi connectivity index (χ0n) is 19.6. The molecule has 4 aliphatic rings. The second kappa shape index (κ2) is 10.2. The van der Waals surface area contributed by atoms with Crippen LogP contribution in [0.1, 0.15) is 50.5 Å². The SMILES string of the molecule is C[C@@H]1C[C@H](NS(=O)(=O)N(C)C)C2COC3CCC(CC3)c3cccc(c3)OCCOC(=O)N21. The van der Waals surface area contributed by atoms with Crippen LogP contribution < -0.4 is 9.46 Å². The summed E-state index contributed by atoms with van der Waals surface area (Å²) in [6.45, 7) is 2.53. The van der Waals surface area contributed by atoms with E-state index in [0.29, 0.717) is 12.3 Å². The first-order chi connectivity index (χ1) is 15.7. The lowest BCUT2D eigenvalue weighted by atomic mass is 9.82. The molecule has 0 spiro atoms. The van der Waals surface area contributed by atoms with E-state index in [2.05, 4.69) is 16.9 Å². The summed E-state index contributed by atoms with van der Waals surface area (Å²) in [5.41, 5.74) is 1.27. The van der Waals surface area contributed by atoms with Crippen LogP contribution >= 0.6 is 0 Å². The van der Waals surface area contributed by atoms with Gasteiger partial charge in [0.25, 0.3) is 10.2 Å². The molecule has 1 aromatic carbocycles. The Morgan fingerprint density at radius 3 is 2.55 bits per heavy atom. The quantitative estimate of drug-likeness (QED) is 0.713. The number of nitrogens with one attached hydrogen (secondary N) is 1. The molecule has 184 valence electrons. The van der Waals surface area contributed by atoms with Crippen molar-refractivity contribution in [2.45, 2.75) is 69.2 Å². The Kier molecular flexibility index (Phi) is 7.47. The van der Waals surface area contributed by atoms with Gasteiger partial charge in [0.2, 0.25) is 0 Å². The highest BCUT2D eigenvalue weighted by Gasteiger charge is 2.45. The van der Waals surface area contributed by atoms with E-state index in [9.17, 15) is 13.2 Å². The molecule has 5 rings (SSSR count). The predicted molar refractivity (Wildman–Crippen MR) is 123 cm³/mol. The van der Waals surface area contributed by atoms with E-state index in [4.69, 9.17) is 14.2 Å². The number of hydrogen-bond donors (Lipinski definition) is 1. The monoisotopic (exact) mass is 481 g/mol. The zero-order valence-corrected chi connectivity index (χ0v) is 20.4. The average Bonchev–Trinajstić information content (AvgIpc) is 3.09. The van der Waals surface area contributed by atoms with Crippen LogP contribution in [0.2, 0.25) is 0 Å². The lowest BCUT2D eigenvalue weighted by molar-refractivity contribution is -0.0115. The maximum Gasteiger partial charge on any atom is 0.410 e. The average molecular weight is 482 g/mol. The molecule has 1 aromatic rings. The summed E-state index contributed by atoms with van der Waals surface area (Å²) in [7, 11) is -0.688. The summed E-state index contributed by atoms with van der Waals surface area (Å²) < 4.78 is 46.5.